The van der Waals surface area contributed by atoms with Crippen molar-refractivity contribution < 1.29 is 9.53 Å². The number of anilines is 1. The van der Waals surface area contributed by atoms with Gasteiger partial charge in [-0.25, -0.2) is 14.8 Å². The van der Waals surface area contributed by atoms with Crippen molar-refractivity contribution in [2.75, 3.05) is 25.0 Å². The highest BCUT2D eigenvalue weighted by molar-refractivity contribution is 6.29. The lowest BCUT2D eigenvalue weighted by molar-refractivity contribution is 0.0209. The highest BCUT2D eigenvalue weighted by Gasteiger charge is 2.30. The van der Waals surface area contributed by atoms with Gasteiger partial charge in [-0.3, -0.25) is 0 Å². The van der Waals surface area contributed by atoms with E-state index in [0.717, 1.165) is 25.1 Å². The van der Waals surface area contributed by atoms with E-state index in [2.05, 4.69) is 14.9 Å². The topological polar surface area (TPSA) is 58.6 Å². The molecule has 128 valence electrons. The molecule has 0 saturated carbocycles. The van der Waals surface area contributed by atoms with Crippen LogP contribution in [-0.4, -0.2) is 52.7 Å². The van der Waals surface area contributed by atoms with E-state index in [0.29, 0.717) is 17.6 Å². The Hall–Kier alpha value is -1.56. The van der Waals surface area contributed by atoms with Crippen LogP contribution < -0.4 is 4.90 Å². The van der Waals surface area contributed by atoms with Crippen LogP contribution in [0.1, 0.15) is 39.3 Å². The predicted octanol–water partition coefficient (Wildman–Crippen LogP) is 3.27. The molecule has 1 aliphatic rings. The summed E-state index contributed by atoms with van der Waals surface area (Å²) in [5, 5.41) is 0.440. The zero-order chi connectivity index (χ0) is 17.2. The lowest BCUT2D eigenvalue weighted by Crippen LogP contribution is -2.50. The molecule has 1 aromatic rings. The molecule has 7 heteroatoms. The number of hydrogen-bond donors (Lipinski definition) is 0. The van der Waals surface area contributed by atoms with Crippen LogP contribution in [0.4, 0.5) is 10.7 Å². The normalized spacial score (nSPS) is 18.7. The molecular formula is C16H25ClN4O2. The minimum atomic E-state index is -0.493. The standard InChI is InChI=1S/C16H25ClN4O2/c1-11-9-13(17)19-14(18-11)21-8-6-7-12(10-21)20(5)15(22)23-16(2,3)4/h9,12H,6-8,10H2,1-5H3/t12-/m0/s1. The molecule has 2 heterocycles. The zero-order valence-electron chi connectivity index (χ0n) is 14.5. The number of aromatic nitrogens is 2. The van der Waals surface area contributed by atoms with Crippen molar-refractivity contribution in [1.29, 1.82) is 0 Å². The molecule has 0 aliphatic carbocycles. The van der Waals surface area contributed by atoms with E-state index in [9.17, 15) is 4.79 Å². The number of carbonyl (C=O) groups is 1. The molecule has 6 nitrogen and oxygen atoms in total. The summed E-state index contributed by atoms with van der Waals surface area (Å²) in [4.78, 5) is 24.7. The molecule has 23 heavy (non-hydrogen) atoms. The second-order valence-electron chi connectivity index (χ2n) is 6.97. The maximum absolute atomic E-state index is 12.2. The van der Waals surface area contributed by atoms with Gasteiger partial charge in [0, 0.05) is 25.8 Å². The third-order valence-electron chi connectivity index (χ3n) is 3.72. The summed E-state index contributed by atoms with van der Waals surface area (Å²) < 4.78 is 5.45. The smallest absolute Gasteiger partial charge is 0.410 e. The first kappa shape index (κ1) is 17.8. The summed E-state index contributed by atoms with van der Waals surface area (Å²) in [6.07, 6.45) is 1.60. The minimum absolute atomic E-state index is 0.0708. The Morgan fingerprint density at radius 1 is 1.43 bits per heavy atom. The summed E-state index contributed by atoms with van der Waals surface area (Å²) in [7, 11) is 1.78. The van der Waals surface area contributed by atoms with Crippen molar-refractivity contribution in [3.63, 3.8) is 0 Å². The highest BCUT2D eigenvalue weighted by atomic mass is 35.5. The van der Waals surface area contributed by atoms with E-state index in [1.807, 2.05) is 27.7 Å². The van der Waals surface area contributed by atoms with Crippen LogP contribution in [-0.2, 0) is 4.74 Å². The number of piperidine rings is 1. The van der Waals surface area contributed by atoms with Gasteiger partial charge in [-0.2, -0.15) is 0 Å². The predicted molar refractivity (Wildman–Crippen MR) is 91.0 cm³/mol. The van der Waals surface area contributed by atoms with Crippen molar-refractivity contribution in [1.82, 2.24) is 14.9 Å². The Morgan fingerprint density at radius 3 is 2.74 bits per heavy atom. The lowest BCUT2D eigenvalue weighted by atomic mass is 10.1. The van der Waals surface area contributed by atoms with Crippen molar-refractivity contribution >= 4 is 23.6 Å². The third kappa shape index (κ3) is 4.96. The molecule has 0 radical (unpaired) electrons. The average molecular weight is 341 g/mol. The molecule has 1 amide bonds. The van der Waals surface area contributed by atoms with Gasteiger partial charge >= 0.3 is 6.09 Å². The Morgan fingerprint density at radius 2 is 2.13 bits per heavy atom. The maximum Gasteiger partial charge on any atom is 0.410 e. The molecule has 0 aromatic carbocycles. The molecule has 1 aromatic heterocycles. The third-order valence-corrected chi connectivity index (χ3v) is 3.91. The molecule has 1 saturated heterocycles. The van der Waals surface area contributed by atoms with E-state index in [1.165, 1.54) is 0 Å². The molecule has 0 unspecified atom stereocenters. The van der Waals surface area contributed by atoms with Crippen LogP contribution in [0.15, 0.2) is 6.07 Å². The van der Waals surface area contributed by atoms with Gasteiger partial charge in [0.2, 0.25) is 5.95 Å². The molecule has 2 rings (SSSR count). The average Bonchev–Trinajstić information content (AvgIpc) is 2.44. The summed E-state index contributed by atoms with van der Waals surface area (Å²) in [5.41, 5.74) is 0.343. The summed E-state index contributed by atoms with van der Waals surface area (Å²) in [5.74, 6) is 0.622. The summed E-state index contributed by atoms with van der Waals surface area (Å²) in [6, 6.07) is 1.81. The van der Waals surface area contributed by atoms with E-state index in [1.54, 1.807) is 18.0 Å². The molecule has 0 N–H and O–H groups in total. The fourth-order valence-electron chi connectivity index (χ4n) is 2.59. The fraction of sp³-hybridized carbons (Fsp3) is 0.688. The molecule has 1 fully saturated rings. The van der Waals surface area contributed by atoms with Gasteiger partial charge < -0.3 is 14.5 Å². The van der Waals surface area contributed by atoms with Crippen LogP contribution in [0.25, 0.3) is 0 Å². The van der Waals surface area contributed by atoms with Gasteiger partial charge in [0.1, 0.15) is 10.8 Å². The molecule has 0 spiro atoms. The van der Waals surface area contributed by atoms with Crippen LogP contribution >= 0.6 is 11.6 Å². The quantitative estimate of drug-likeness (QED) is 0.773. The Kier molecular flexibility index (Phi) is 5.34. The van der Waals surface area contributed by atoms with Crippen molar-refractivity contribution in [2.24, 2.45) is 0 Å². The zero-order valence-corrected chi connectivity index (χ0v) is 15.2. The minimum Gasteiger partial charge on any atom is -0.444 e. The Balaban J connectivity index is 2.07. The van der Waals surface area contributed by atoms with Crippen molar-refractivity contribution in [3.05, 3.63) is 16.9 Å². The van der Waals surface area contributed by atoms with Crippen LogP contribution in [0.5, 0.6) is 0 Å². The molecule has 1 aliphatic heterocycles. The number of ether oxygens (including phenoxy) is 1. The Bertz CT molecular complexity index is 553. The second kappa shape index (κ2) is 6.91. The molecule has 1 atom stereocenters. The van der Waals surface area contributed by atoms with E-state index >= 15 is 0 Å². The van der Waals surface area contributed by atoms with Crippen LogP contribution in [0, 0.1) is 6.92 Å². The summed E-state index contributed by atoms with van der Waals surface area (Å²) in [6.45, 7) is 9.04. The highest BCUT2D eigenvalue weighted by Crippen LogP contribution is 2.22. The van der Waals surface area contributed by atoms with Gasteiger partial charge in [-0.05, 0) is 46.6 Å². The number of nitrogens with zero attached hydrogens (tertiary/aromatic N) is 4. The van der Waals surface area contributed by atoms with E-state index < -0.39 is 5.60 Å². The van der Waals surface area contributed by atoms with Gasteiger partial charge in [0.25, 0.3) is 0 Å². The number of rotatable bonds is 2. The lowest BCUT2D eigenvalue weighted by Gasteiger charge is -2.38. The van der Waals surface area contributed by atoms with Crippen LogP contribution in [0.2, 0.25) is 5.15 Å². The first-order valence-corrected chi connectivity index (χ1v) is 8.25. The van der Waals surface area contributed by atoms with Crippen molar-refractivity contribution in [3.8, 4) is 0 Å². The fourth-order valence-corrected chi connectivity index (χ4v) is 2.83. The molecular weight excluding hydrogens is 316 g/mol. The number of aryl methyl sites for hydroxylation is 1. The SMILES string of the molecule is Cc1cc(Cl)nc(N2CCC[C@H](N(C)C(=O)OC(C)(C)C)C2)n1. The van der Waals surface area contributed by atoms with Gasteiger partial charge in [-0.15, -0.1) is 0 Å². The van der Waals surface area contributed by atoms with Gasteiger partial charge in [0.15, 0.2) is 0 Å². The Labute approximate surface area is 142 Å². The molecule has 0 bridgehead atoms. The number of amides is 1. The monoisotopic (exact) mass is 340 g/mol. The first-order chi connectivity index (χ1) is 10.7. The van der Waals surface area contributed by atoms with Crippen LogP contribution in [0.3, 0.4) is 0 Å². The maximum atomic E-state index is 12.2. The largest absolute Gasteiger partial charge is 0.444 e. The number of carbonyl (C=O) groups excluding carboxylic acids is 1. The van der Waals surface area contributed by atoms with Crippen molar-refractivity contribution in [2.45, 2.75) is 52.2 Å². The first-order valence-electron chi connectivity index (χ1n) is 7.87. The summed E-state index contributed by atoms with van der Waals surface area (Å²) >= 11 is 6.03. The number of likely N-dealkylation sites (N-methyl/N-ethyl adjacent to an activating group) is 1. The van der Waals surface area contributed by atoms with E-state index in [-0.39, 0.29) is 12.1 Å². The number of hydrogen-bond acceptors (Lipinski definition) is 5. The van der Waals surface area contributed by atoms with E-state index in [4.69, 9.17) is 16.3 Å². The number of halogens is 1. The van der Waals surface area contributed by atoms with Gasteiger partial charge in [0.05, 0.1) is 6.04 Å². The second-order valence-corrected chi connectivity index (χ2v) is 7.35. The van der Waals surface area contributed by atoms with Gasteiger partial charge in [-0.1, -0.05) is 11.6 Å².